The highest BCUT2D eigenvalue weighted by atomic mass is 16.7. The Kier molecular flexibility index (Phi) is 5.86. The number of nitrogens with two attached hydrogens (primary N) is 1. The Labute approximate surface area is 60.3 Å². The Morgan fingerprint density at radius 3 is 2.70 bits per heavy atom. The van der Waals surface area contributed by atoms with Crippen LogP contribution in [0.25, 0.3) is 0 Å². The fourth-order valence-electron chi connectivity index (χ4n) is 0.410. The van der Waals surface area contributed by atoms with E-state index in [1.807, 2.05) is 6.92 Å². The molecule has 0 saturated heterocycles. The van der Waals surface area contributed by atoms with Crippen LogP contribution < -0.4 is 5.73 Å². The third-order valence-electron chi connectivity index (χ3n) is 0.919. The van der Waals surface area contributed by atoms with E-state index >= 15 is 0 Å². The van der Waals surface area contributed by atoms with Gasteiger partial charge in [0.15, 0.2) is 0 Å². The number of rotatable bonds is 4. The Bertz CT molecular complexity index is 95.0. The van der Waals surface area contributed by atoms with Crippen molar-refractivity contribution in [1.82, 2.24) is 0 Å². The molecule has 0 rings (SSSR count). The molecule has 0 radical (unpaired) electrons. The highest BCUT2D eigenvalue weighted by Crippen LogP contribution is 1.89. The summed E-state index contributed by atoms with van der Waals surface area (Å²) in [5.41, 5.74) is 4.91. The van der Waals surface area contributed by atoms with Crippen LogP contribution in [0.2, 0.25) is 0 Å². The molecule has 0 spiro atoms. The predicted octanol–water partition coefficient (Wildman–Crippen LogP) is 0.856. The summed E-state index contributed by atoms with van der Waals surface area (Å²) in [7, 11) is 0. The number of ether oxygens (including phenoxy) is 2. The minimum Gasteiger partial charge on any atom is -0.434 e. The monoisotopic (exact) mass is 147 g/mol. The van der Waals surface area contributed by atoms with Gasteiger partial charge in [0.2, 0.25) is 0 Å². The third kappa shape index (κ3) is 5.37. The Morgan fingerprint density at radius 2 is 2.20 bits per heavy atom. The molecular formula is C6H13NO3. The maximum absolute atomic E-state index is 10.4. The first-order chi connectivity index (χ1) is 4.81. The molecule has 0 aromatic rings. The van der Waals surface area contributed by atoms with Gasteiger partial charge in [0.1, 0.15) is 6.73 Å². The van der Waals surface area contributed by atoms with Crippen molar-refractivity contribution < 1.29 is 14.3 Å². The molecule has 4 nitrogen and oxygen atoms in total. The van der Waals surface area contributed by atoms with Crippen LogP contribution in [0.1, 0.15) is 19.8 Å². The van der Waals surface area contributed by atoms with E-state index in [1.165, 1.54) is 0 Å². The molecule has 0 heterocycles. The summed E-state index contributed by atoms with van der Waals surface area (Å²) in [5.74, 6) is 0. The quantitative estimate of drug-likeness (QED) is 0.364. The molecule has 2 N–H and O–H groups in total. The van der Waals surface area contributed by atoms with Crippen LogP contribution in [0.5, 0.6) is 0 Å². The molecular weight excluding hydrogens is 134 g/mol. The summed E-state index contributed by atoms with van der Waals surface area (Å²) in [6, 6.07) is 0. The molecule has 0 atom stereocenters. The average Bonchev–Trinajstić information content (AvgIpc) is 1.89. The van der Waals surface area contributed by atoms with Crippen molar-refractivity contribution in [2.75, 3.05) is 13.3 Å². The lowest BCUT2D eigenvalue weighted by Gasteiger charge is -2.01. The Hall–Kier alpha value is -0.770. The van der Waals surface area contributed by atoms with Crippen molar-refractivity contribution in [1.29, 1.82) is 0 Å². The molecule has 0 aliphatic rings. The van der Waals surface area contributed by atoms with Gasteiger partial charge in [-0.3, -0.25) is 5.73 Å². The molecule has 0 fully saturated rings. The molecule has 0 saturated carbocycles. The van der Waals surface area contributed by atoms with Crippen LogP contribution in [0, 0.1) is 0 Å². The molecule has 10 heavy (non-hydrogen) atoms. The van der Waals surface area contributed by atoms with Crippen LogP contribution in [-0.2, 0) is 9.47 Å². The summed E-state index contributed by atoms with van der Waals surface area (Å²) < 4.78 is 8.89. The van der Waals surface area contributed by atoms with Gasteiger partial charge in [-0.15, -0.1) is 0 Å². The largest absolute Gasteiger partial charge is 0.509 e. The second-order valence-electron chi connectivity index (χ2n) is 1.76. The van der Waals surface area contributed by atoms with Crippen molar-refractivity contribution in [2.45, 2.75) is 19.8 Å². The number of hydrogen-bond donors (Lipinski definition) is 1. The smallest absolute Gasteiger partial charge is 0.434 e. The molecule has 0 bridgehead atoms. The van der Waals surface area contributed by atoms with E-state index in [0.29, 0.717) is 6.61 Å². The van der Waals surface area contributed by atoms with Crippen molar-refractivity contribution in [3.63, 3.8) is 0 Å². The Balaban J connectivity index is 3.05. The third-order valence-corrected chi connectivity index (χ3v) is 0.919. The van der Waals surface area contributed by atoms with Gasteiger partial charge in [-0.2, -0.15) is 0 Å². The first-order valence-electron chi connectivity index (χ1n) is 3.31. The normalized spacial score (nSPS) is 9.00. The van der Waals surface area contributed by atoms with Gasteiger partial charge in [-0.1, -0.05) is 13.3 Å². The van der Waals surface area contributed by atoms with Crippen molar-refractivity contribution in [2.24, 2.45) is 5.73 Å². The molecule has 0 amide bonds. The highest BCUT2D eigenvalue weighted by molar-refractivity contribution is 5.59. The van der Waals surface area contributed by atoms with Crippen LogP contribution in [0.4, 0.5) is 4.79 Å². The standard InChI is InChI=1S/C6H13NO3/c1-2-3-4-9-6(8)10-5-7/h2-5,7H2,1H3. The van der Waals surface area contributed by atoms with E-state index in [1.54, 1.807) is 0 Å². The molecule has 0 aliphatic heterocycles. The van der Waals surface area contributed by atoms with Gasteiger partial charge in [-0.25, -0.2) is 4.79 Å². The summed E-state index contributed by atoms with van der Waals surface area (Å²) in [6.07, 6.45) is 1.17. The fourth-order valence-corrected chi connectivity index (χ4v) is 0.410. The summed E-state index contributed by atoms with van der Waals surface area (Å²) >= 11 is 0. The van der Waals surface area contributed by atoms with Gasteiger partial charge in [0, 0.05) is 0 Å². The summed E-state index contributed by atoms with van der Waals surface area (Å²) in [5, 5.41) is 0. The Morgan fingerprint density at radius 1 is 1.50 bits per heavy atom. The fraction of sp³-hybridized carbons (Fsp3) is 0.833. The van der Waals surface area contributed by atoms with E-state index in [9.17, 15) is 4.79 Å². The van der Waals surface area contributed by atoms with Gasteiger partial charge in [0.25, 0.3) is 0 Å². The molecule has 0 aromatic carbocycles. The van der Waals surface area contributed by atoms with Crippen LogP contribution in [-0.4, -0.2) is 19.5 Å². The lowest BCUT2D eigenvalue weighted by Crippen LogP contribution is -2.13. The van der Waals surface area contributed by atoms with Crippen LogP contribution in [0.15, 0.2) is 0 Å². The van der Waals surface area contributed by atoms with Crippen molar-refractivity contribution >= 4 is 6.16 Å². The van der Waals surface area contributed by atoms with Gasteiger partial charge >= 0.3 is 6.16 Å². The number of hydrogen-bond acceptors (Lipinski definition) is 4. The first kappa shape index (κ1) is 9.23. The molecule has 0 aromatic heterocycles. The lowest BCUT2D eigenvalue weighted by molar-refractivity contribution is 0.0563. The van der Waals surface area contributed by atoms with E-state index in [-0.39, 0.29) is 6.73 Å². The maximum Gasteiger partial charge on any atom is 0.509 e. The summed E-state index contributed by atoms with van der Waals surface area (Å²) in [6.45, 7) is 2.30. The van der Waals surface area contributed by atoms with E-state index in [4.69, 9.17) is 5.73 Å². The summed E-state index contributed by atoms with van der Waals surface area (Å²) in [4.78, 5) is 10.4. The topological polar surface area (TPSA) is 61.5 Å². The molecule has 0 unspecified atom stereocenters. The zero-order valence-corrected chi connectivity index (χ0v) is 6.13. The lowest BCUT2D eigenvalue weighted by atomic mass is 10.4. The molecule has 0 aliphatic carbocycles. The zero-order chi connectivity index (χ0) is 7.82. The van der Waals surface area contributed by atoms with E-state index in [0.717, 1.165) is 12.8 Å². The molecule has 60 valence electrons. The SMILES string of the molecule is CCCCOC(=O)OCN. The van der Waals surface area contributed by atoms with Crippen LogP contribution in [0.3, 0.4) is 0 Å². The minimum atomic E-state index is -0.684. The van der Waals surface area contributed by atoms with E-state index in [2.05, 4.69) is 9.47 Å². The maximum atomic E-state index is 10.4. The minimum absolute atomic E-state index is 0.120. The van der Waals surface area contributed by atoms with Gasteiger partial charge in [-0.05, 0) is 6.42 Å². The second-order valence-corrected chi connectivity index (χ2v) is 1.76. The van der Waals surface area contributed by atoms with E-state index < -0.39 is 6.16 Å². The zero-order valence-electron chi connectivity index (χ0n) is 6.13. The van der Waals surface area contributed by atoms with Gasteiger partial charge in [0.05, 0.1) is 6.61 Å². The average molecular weight is 147 g/mol. The predicted molar refractivity (Wildman–Crippen MR) is 36.4 cm³/mol. The van der Waals surface area contributed by atoms with Crippen molar-refractivity contribution in [3.05, 3.63) is 0 Å². The van der Waals surface area contributed by atoms with Crippen LogP contribution >= 0.6 is 0 Å². The first-order valence-corrected chi connectivity index (χ1v) is 3.31. The highest BCUT2D eigenvalue weighted by Gasteiger charge is 1.99. The van der Waals surface area contributed by atoms with Gasteiger partial charge < -0.3 is 9.47 Å². The van der Waals surface area contributed by atoms with Crippen molar-refractivity contribution in [3.8, 4) is 0 Å². The molecule has 4 heteroatoms. The number of carbonyl (C=O) groups is 1. The number of carbonyl (C=O) groups excluding carboxylic acids is 1. The number of unbranched alkanes of at least 4 members (excludes halogenated alkanes) is 1. The second kappa shape index (κ2) is 6.35.